The normalized spacial score (nSPS) is 10.8. The molecule has 96 valence electrons. The highest BCUT2D eigenvalue weighted by Gasteiger charge is 2.15. The lowest BCUT2D eigenvalue weighted by atomic mass is 10.2. The number of nitrogens with two attached hydrogens (primary N) is 1. The van der Waals surface area contributed by atoms with Crippen molar-refractivity contribution in [1.29, 1.82) is 0 Å². The first kappa shape index (κ1) is 13.4. The molecule has 0 atom stereocenters. The Morgan fingerprint density at radius 2 is 2.28 bits per heavy atom. The number of halogens is 2. The van der Waals surface area contributed by atoms with E-state index in [0.717, 1.165) is 6.42 Å². The number of carbonyl (C=O) groups is 1. The molecule has 1 aromatic carbocycles. The number of nitrogens with one attached hydrogen (secondary N) is 1. The Hall–Kier alpha value is -1.04. The third-order valence-electron chi connectivity index (χ3n) is 2.33. The van der Waals surface area contributed by atoms with Gasteiger partial charge in [0.1, 0.15) is 5.52 Å². The van der Waals surface area contributed by atoms with Crippen LogP contribution in [0.1, 0.15) is 19.8 Å². The fourth-order valence-corrected chi connectivity index (χ4v) is 2.97. The molecule has 0 aliphatic carbocycles. The molecule has 1 amide bonds. The van der Waals surface area contributed by atoms with Crippen LogP contribution in [0.4, 0.5) is 10.8 Å². The molecule has 1 aromatic heterocycles. The molecule has 18 heavy (non-hydrogen) atoms. The molecule has 0 saturated carbocycles. The van der Waals surface area contributed by atoms with Crippen molar-refractivity contribution in [3.8, 4) is 0 Å². The quantitative estimate of drug-likeness (QED) is 0.903. The zero-order chi connectivity index (χ0) is 13.3. The lowest BCUT2D eigenvalue weighted by Gasteiger charge is -2.07. The Morgan fingerprint density at radius 1 is 1.56 bits per heavy atom. The maximum absolute atomic E-state index is 11.6. The molecular formula is C11H11Cl2N3OS. The third kappa shape index (κ3) is 2.53. The van der Waals surface area contributed by atoms with Gasteiger partial charge in [-0.05, 0) is 12.5 Å². The van der Waals surface area contributed by atoms with Gasteiger partial charge in [-0.15, -0.1) is 0 Å². The summed E-state index contributed by atoms with van der Waals surface area (Å²) >= 11 is 13.5. The van der Waals surface area contributed by atoms with Crippen LogP contribution in [-0.2, 0) is 4.79 Å². The van der Waals surface area contributed by atoms with Gasteiger partial charge in [-0.1, -0.05) is 41.5 Å². The zero-order valence-electron chi connectivity index (χ0n) is 9.59. The van der Waals surface area contributed by atoms with E-state index >= 15 is 0 Å². The van der Waals surface area contributed by atoms with Gasteiger partial charge in [0.25, 0.3) is 0 Å². The Kier molecular flexibility index (Phi) is 3.94. The van der Waals surface area contributed by atoms with Crippen LogP contribution < -0.4 is 11.1 Å². The van der Waals surface area contributed by atoms with Crippen molar-refractivity contribution in [3.63, 3.8) is 0 Å². The number of fused-ring (bicyclic) bond motifs is 1. The van der Waals surface area contributed by atoms with Gasteiger partial charge in [0, 0.05) is 6.42 Å². The minimum Gasteiger partial charge on any atom is -0.375 e. The molecular weight excluding hydrogens is 293 g/mol. The van der Waals surface area contributed by atoms with Crippen molar-refractivity contribution in [2.45, 2.75) is 19.8 Å². The van der Waals surface area contributed by atoms with Gasteiger partial charge >= 0.3 is 0 Å². The molecule has 4 nitrogen and oxygen atoms in total. The van der Waals surface area contributed by atoms with E-state index in [1.807, 2.05) is 6.92 Å². The fourth-order valence-electron chi connectivity index (χ4n) is 1.56. The van der Waals surface area contributed by atoms with Gasteiger partial charge < -0.3 is 11.1 Å². The molecule has 1 heterocycles. The van der Waals surface area contributed by atoms with Gasteiger partial charge in [-0.25, -0.2) is 4.98 Å². The van der Waals surface area contributed by atoms with E-state index in [9.17, 15) is 4.79 Å². The number of carbonyl (C=O) groups excluding carboxylic acids is 1. The Morgan fingerprint density at radius 3 is 2.94 bits per heavy atom. The molecule has 7 heteroatoms. The first-order chi connectivity index (χ1) is 8.52. The summed E-state index contributed by atoms with van der Waals surface area (Å²) in [5, 5.41) is 3.98. The number of hydrogen-bond donors (Lipinski definition) is 2. The molecule has 0 spiro atoms. The second-order valence-electron chi connectivity index (χ2n) is 3.75. The van der Waals surface area contributed by atoms with Crippen LogP contribution in [-0.4, -0.2) is 10.9 Å². The molecule has 0 aliphatic heterocycles. The fraction of sp³-hybridized carbons (Fsp3) is 0.273. The standard InChI is InChI=1S/C11H11Cl2N3OS/c1-2-3-7(17)15-6-4-5(12)9-10(8(6)13)18-11(14)16-9/h4H,2-3H2,1H3,(H2,14,16)(H,15,17). The van der Waals surface area contributed by atoms with Gasteiger partial charge in [-0.2, -0.15) is 0 Å². The molecule has 0 bridgehead atoms. The highest BCUT2D eigenvalue weighted by molar-refractivity contribution is 7.22. The molecule has 0 unspecified atom stereocenters. The molecule has 0 fully saturated rings. The highest BCUT2D eigenvalue weighted by atomic mass is 35.5. The summed E-state index contributed by atoms with van der Waals surface area (Å²) < 4.78 is 0.688. The van der Waals surface area contributed by atoms with Crippen molar-refractivity contribution in [2.75, 3.05) is 11.1 Å². The molecule has 0 saturated heterocycles. The van der Waals surface area contributed by atoms with Crippen molar-refractivity contribution >= 4 is 61.5 Å². The van der Waals surface area contributed by atoms with Crippen molar-refractivity contribution in [2.24, 2.45) is 0 Å². The Bertz CT molecular complexity index is 612. The topological polar surface area (TPSA) is 68.0 Å². The van der Waals surface area contributed by atoms with Crippen LogP contribution in [0, 0.1) is 0 Å². The number of amides is 1. The van der Waals surface area contributed by atoms with E-state index in [1.54, 1.807) is 6.07 Å². The average Bonchev–Trinajstić information content (AvgIpc) is 2.69. The number of hydrogen-bond acceptors (Lipinski definition) is 4. The summed E-state index contributed by atoms with van der Waals surface area (Å²) in [7, 11) is 0. The lowest BCUT2D eigenvalue weighted by molar-refractivity contribution is -0.116. The maximum atomic E-state index is 11.6. The molecule has 2 rings (SSSR count). The van der Waals surface area contributed by atoms with Crippen LogP contribution in [0.25, 0.3) is 10.2 Å². The number of benzene rings is 1. The monoisotopic (exact) mass is 303 g/mol. The zero-order valence-corrected chi connectivity index (χ0v) is 11.9. The van der Waals surface area contributed by atoms with Crippen LogP contribution in [0.3, 0.4) is 0 Å². The second kappa shape index (κ2) is 5.30. The van der Waals surface area contributed by atoms with Gasteiger partial charge in [-0.3, -0.25) is 4.79 Å². The van der Waals surface area contributed by atoms with Gasteiger partial charge in [0.15, 0.2) is 5.13 Å². The predicted molar refractivity (Wildman–Crippen MR) is 77.6 cm³/mol. The summed E-state index contributed by atoms with van der Waals surface area (Å²) in [5.41, 5.74) is 6.69. The lowest BCUT2D eigenvalue weighted by Crippen LogP contribution is -2.10. The highest BCUT2D eigenvalue weighted by Crippen LogP contribution is 2.40. The van der Waals surface area contributed by atoms with Gasteiger partial charge in [0.2, 0.25) is 5.91 Å². The molecule has 0 aliphatic rings. The van der Waals surface area contributed by atoms with E-state index in [4.69, 9.17) is 28.9 Å². The summed E-state index contributed by atoms with van der Waals surface area (Å²) in [4.78, 5) is 15.7. The average molecular weight is 304 g/mol. The number of anilines is 2. The van der Waals surface area contributed by atoms with E-state index in [-0.39, 0.29) is 5.91 Å². The van der Waals surface area contributed by atoms with Crippen molar-refractivity contribution in [3.05, 3.63) is 16.1 Å². The Balaban J connectivity index is 2.45. The minimum absolute atomic E-state index is 0.0905. The summed E-state index contributed by atoms with van der Waals surface area (Å²) in [6, 6.07) is 1.60. The first-order valence-electron chi connectivity index (χ1n) is 5.36. The van der Waals surface area contributed by atoms with E-state index < -0.39 is 0 Å². The Labute approximate surface area is 118 Å². The molecule has 0 radical (unpaired) electrons. The van der Waals surface area contributed by atoms with Crippen LogP contribution in [0.15, 0.2) is 6.07 Å². The molecule has 2 aromatic rings. The van der Waals surface area contributed by atoms with Crippen LogP contribution >= 0.6 is 34.5 Å². The number of aromatic nitrogens is 1. The third-order valence-corrected chi connectivity index (χ3v) is 4.02. The summed E-state index contributed by atoms with van der Waals surface area (Å²) in [6.07, 6.45) is 1.21. The maximum Gasteiger partial charge on any atom is 0.224 e. The van der Waals surface area contributed by atoms with Crippen LogP contribution in [0.2, 0.25) is 10.0 Å². The van der Waals surface area contributed by atoms with E-state index in [2.05, 4.69) is 10.3 Å². The number of rotatable bonds is 3. The molecule has 3 N–H and O–H groups in total. The second-order valence-corrected chi connectivity index (χ2v) is 5.56. The largest absolute Gasteiger partial charge is 0.375 e. The number of thiazole rings is 1. The first-order valence-corrected chi connectivity index (χ1v) is 6.94. The smallest absolute Gasteiger partial charge is 0.224 e. The van der Waals surface area contributed by atoms with Crippen molar-refractivity contribution in [1.82, 2.24) is 4.98 Å². The minimum atomic E-state index is -0.0905. The van der Waals surface area contributed by atoms with E-state index in [1.165, 1.54) is 11.3 Å². The van der Waals surface area contributed by atoms with Gasteiger partial charge in [0.05, 0.1) is 20.4 Å². The number of nitrogens with zero attached hydrogens (tertiary/aromatic N) is 1. The van der Waals surface area contributed by atoms with Crippen molar-refractivity contribution < 1.29 is 4.79 Å². The summed E-state index contributed by atoms with van der Waals surface area (Å²) in [6.45, 7) is 1.93. The summed E-state index contributed by atoms with van der Waals surface area (Å²) in [5.74, 6) is -0.0905. The van der Waals surface area contributed by atoms with Crippen LogP contribution in [0.5, 0.6) is 0 Å². The number of nitrogen functional groups attached to an aromatic ring is 1. The SMILES string of the molecule is CCCC(=O)Nc1cc(Cl)c2nc(N)sc2c1Cl. The predicted octanol–water partition coefficient (Wildman–Crippen LogP) is 3.92. The van der Waals surface area contributed by atoms with E-state index in [0.29, 0.717) is 37.5 Å².